The second-order valence-electron chi connectivity index (χ2n) is 2.91. The Hall–Kier alpha value is -1.75. The number of rotatable bonds is 4. The highest BCUT2D eigenvalue weighted by atomic mass is 16.5. The number of methoxy groups -OCH3 is 1. The quantitative estimate of drug-likeness (QED) is 0.611. The number of nitrogens with one attached hydrogen (secondary N) is 1. The fourth-order valence-electron chi connectivity index (χ4n) is 1.23. The molecule has 0 saturated heterocycles. The third kappa shape index (κ3) is 2.60. The van der Waals surface area contributed by atoms with E-state index in [1.165, 1.54) is 7.11 Å². The van der Waals surface area contributed by atoms with Crippen molar-refractivity contribution >= 4 is 11.6 Å². The van der Waals surface area contributed by atoms with Crippen molar-refractivity contribution in [3.63, 3.8) is 0 Å². The van der Waals surface area contributed by atoms with Crippen molar-refractivity contribution in [1.82, 2.24) is 5.32 Å². The standard InChI is InChI=1S/C10H14N2O3/c1-15-9-7(3-2-4-8(9)11)10(14)12-5-6-13/h2-4,13H,5-6,11H2,1H3,(H,12,14). The van der Waals surface area contributed by atoms with Crippen LogP contribution in [-0.4, -0.2) is 31.3 Å². The van der Waals surface area contributed by atoms with E-state index in [1.54, 1.807) is 18.2 Å². The molecular weight excluding hydrogens is 196 g/mol. The molecule has 0 spiro atoms. The van der Waals surface area contributed by atoms with Crippen LogP contribution in [0.2, 0.25) is 0 Å². The van der Waals surface area contributed by atoms with Gasteiger partial charge in [-0.3, -0.25) is 4.79 Å². The van der Waals surface area contributed by atoms with Gasteiger partial charge in [-0.25, -0.2) is 0 Å². The molecule has 0 saturated carbocycles. The van der Waals surface area contributed by atoms with Crippen molar-refractivity contribution in [1.29, 1.82) is 0 Å². The zero-order valence-corrected chi connectivity index (χ0v) is 8.49. The van der Waals surface area contributed by atoms with Gasteiger partial charge in [-0.15, -0.1) is 0 Å². The molecule has 0 aromatic heterocycles. The van der Waals surface area contributed by atoms with Gasteiger partial charge in [0.15, 0.2) is 5.75 Å². The van der Waals surface area contributed by atoms with Crippen molar-refractivity contribution in [2.45, 2.75) is 0 Å². The van der Waals surface area contributed by atoms with Gasteiger partial charge in [0, 0.05) is 6.54 Å². The molecule has 1 aromatic rings. The predicted molar refractivity (Wildman–Crippen MR) is 56.8 cm³/mol. The highest BCUT2D eigenvalue weighted by Gasteiger charge is 2.13. The summed E-state index contributed by atoms with van der Waals surface area (Å²) in [5.41, 5.74) is 6.42. The zero-order chi connectivity index (χ0) is 11.3. The van der Waals surface area contributed by atoms with Gasteiger partial charge in [-0.2, -0.15) is 0 Å². The minimum atomic E-state index is -0.312. The van der Waals surface area contributed by atoms with Gasteiger partial charge in [-0.05, 0) is 12.1 Å². The van der Waals surface area contributed by atoms with Crippen LogP contribution in [0.15, 0.2) is 18.2 Å². The molecule has 82 valence electrons. The molecule has 0 atom stereocenters. The maximum absolute atomic E-state index is 11.6. The Bertz CT molecular complexity index is 353. The number of nitrogens with two attached hydrogens (primary N) is 1. The van der Waals surface area contributed by atoms with E-state index >= 15 is 0 Å². The Balaban J connectivity index is 2.92. The lowest BCUT2D eigenvalue weighted by atomic mass is 10.1. The van der Waals surface area contributed by atoms with E-state index < -0.39 is 0 Å². The number of nitrogen functional groups attached to an aromatic ring is 1. The lowest BCUT2D eigenvalue weighted by Crippen LogP contribution is -2.26. The predicted octanol–water partition coefficient (Wildman–Crippen LogP) is -0.000500. The van der Waals surface area contributed by atoms with Crippen LogP contribution in [-0.2, 0) is 0 Å². The van der Waals surface area contributed by atoms with E-state index in [4.69, 9.17) is 15.6 Å². The lowest BCUT2D eigenvalue weighted by molar-refractivity contribution is 0.0942. The Labute approximate surface area is 87.9 Å². The number of hydrogen-bond donors (Lipinski definition) is 3. The Kier molecular flexibility index (Phi) is 3.93. The van der Waals surface area contributed by atoms with E-state index in [9.17, 15) is 4.79 Å². The Morgan fingerprint density at radius 2 is 2.33 bits per heavy atom. The number of para-hydroxylation sites is 1. The summed E-state index contributed by atoms with van der Waals surface area (Å²) in [5, 5.41) is 11.1. The van der Waals surface area contributed by atoms with Gasteiger partial charge in [0.2, 0.25) is 0 Å². The first-order valence-electron chi connectivity index (χ1n) is 4.52. The number of aliphatic hydroxyl groups is 1. The van der Waals surface area contributed by atoms with E-state index in [0.29, 0.717) is 17.0 Å². The summed E-state index contributed by atoms with van der Waals surface area (Å²) in [7, 11) is 1.45. The first-order chi connectivity index (χ1) is 7.20. The smallest absolute Gasteiger partial charge is 0.255 e. The summed E-state index contributed by atoms with van der Waals surface area (Å²) < 4.78 is 5.03. The molecule has 0 aliphatic heterocycles. The minimum absolute atomic E-state index is 0.101. The van der Waals surface area contributed by atoms with Crippen molar-refractivity contribution < 1.29 is 14.6 Å². The molecule has 1 amide bonds. The van der Waals surface area contributed by atoms with E-state index in [2.05, 4.69) is 5.32 Å². The third-order valence-electron chi connectivity index (χ3n) is 1.89. The molecule has 5 heteroatoms. The molecule has 15 heavy (non-hydrogen) atoms. The van der Waals surface area contributed by atoms with Gasteiger partial charge in [0.1, 0.15) is 0 Å². The van der Waals surface area contributed by atoms with E-state index in [0.717, 1.165) is 0 Å². The second kappa shape index (κ2) is 5.21. The van der Waals surface area contributed by atoms with Crippen molar-refractivity contribution in [2.75, 3.05) is 26.0 Å². The number of aliphatic hydroxyl groups excluding tert-OH is 1. The van der Waals surface area contributed by atoms with Crippen LogP contribution in [0.5, 0.6) is 5.75 Å². The maximum Gasteiger partial charge on any atom is 0.255 e. The van der Waals surface area contributed by atoms with Crippen LogP contribution >= 0.6 is 0 Å². The number of benzene rings is 1. The minimum Gasteiger partial charge on any atom is -0.494 e. The fourth-order valence-corrected chi connectivity index (χ4v) is 1.23. The summed E-state index contributed by atoms with van der Waals surface area (Å²) in [6.45, 7) is 0.104. The molecule has 4 N–H and O–H groups in total. The molecule has 0 bridgehead atoms. The van der Waals surface area contributed by atoms with Gasteiger partial charge < -0.3 is 20.9 Å². The molecule has 0 heterocycles. The number of anilines is 1. The number of hydrogen-bond acceptors (Lipinski definition) is 4. The Morgan fingerprint density at radius 3 is 2.93 bits per heavy atom. The third-order valence-corrected chi connectivity index (χ3v) is 1.89. The number of ether oxygens (including phenoxy) is 1. The number of amides is 1. The largest absolute Gasteiger partial charge is 0.494 e. The fraction of sp³-hybridized carbons (Fsp3) is 0.300. The molecule has 1 rings (SSSR count). The van der Waals surface area contributed by atoms with Crippen LogP contribution < -0.4 is 15.8 Å². The molecule has 0 unspecified atom stereocenters. The van der Waals surface area contributed by atoms with Crippen LogP contribution in [0.3, 0.4) is 0 Å². The van der Waals surface area contributed by atoms with Crippen LogP contribution in [0.4, 0.5) is 5.69 Å². The van der Waals surface area contributed by atoms with Gasteiger partial charge >= 0.3 is 0 Å². The van der Waals surface area contributed by atoms with Crippen LogP contribution in [0.1, 0.15) is 10.4 Å². The average molecular weight is 210 g/mol. The maximum atomic E-state index is 11.6. The summed E-state index contributed by atoms with van der Waals surface area (Å²) in [6.07, 6.45) is 0. The highest BCUT2D eigenvalue weighted by molar-refractivity contribution is 5.98. The monoisotopic (exact) mass is 210 g/mol. The normalized spacial score (nSPS) is 9.73. The van der Waals surface area contributed by atoms with Crippen LogP contribution in [0.25, 0.3) is 0 Å². The molecular formula is C10H14N2O3. The lowest BCUT2D eigenvalue weighted by Gasteiger charge is -2.10. The molecule has 0 radical (unpaired) electrons. The summed E-state index contributed by atoms with van der Waals surface area (Å²) in [6, 6.07) is 4.94. The summed E-state index contributed by atoms with van der Waals surface area (Å²) in [5.74, 6) is 0.0427. The second-order valence-corrected chi connectivity index (χ2v) is 2.91. The topological polar surface area (TPSA) is 84.6 Å². The van der Waals surface area contributed by atoms with Gasteiger partial charge in [0.05, 0.1) is 25.0 Å². The Morgan fingerprint density at radius 1 is 1.60 bits per heavy atom. The SMILES string of the molecule is COc1c(N)cccc1C(=O)NCCO. The first kappa shape index (κ1) is 11.3. The zero-order valence-electron chi connectivity index (χ0n) is 8.49. The van der Waals surface area contributed by atoms with E-state index in [-0.39, 0.29) is 19.1 Å². The molecule has 0 aliphatic rings. The molecule has 1 aromatic carbocycles. The molecule has 0 aliphatic carbocycles. The van der Waals surface area contributed by atoms with Gasteiger partial charge in [-0.1, -0.05) is 6.07 Å². The highest BCUT2D eigenvalue weighted by Crippen LogP contribution is 2.25. The summed E-state index contributed by atoms with van der Waals surface area (Å²) >= 11 is 0. The molecule has 5 nitrogen and oxygen atoms in total. The number of carbonyl (C=O) groups excluding carboxylic acids is 1. The van der Waals surface area contributed by atoms with Crippen molar-refractivity contribution in [3.8, 4) is 5.75 Å². The van der Waals surface area contributed by atoms with Crippen molar-refractivity contribution in [2.24, 2.45) is 0 Å². The summed E-state index contributed by atoms with van der Waals surface area (Å²) in [4.78, 5) is 11.6. The van der Waals surface area contributed by atoms with Crippen LogP contribution in [0, 0.1) is 0 Å². The average Bonchev–Trinajstić information content (AvgIpc) is 2.25. The van der Waals surface area contributed by atoms with E-state index in [1.807, 2.05) is 0 Å². The number of carbonyl (C=O) groups is 1. The van der Waals surface area contributed by atoms with Crippen molar-refractivity contribution in [3.05, 3.63) is 23.8 Å². The first-order valence-corrected chi connectivity index (χ1v) is 4.52. The van der Waals surface area contributed by atoms with Gasteiger partial charge in [0.25, 0.3) is 5.91 Å². The molecule has 0 fully saturated rings.